The number of para-hydroxylation sites is 1. The van der Waals surface area contributed by atoms with Crippen LogP contribution in [0.2, 0.25) is 0 Å². The number of hydrogen-bond donors (Lipinski definition) is 1. The maximum absolute atomic E-state index is 12.2. The lowest BCUT2D eigenvalue weighted by Gasteiger charge is -2.14. The normalized spacial score (nSPS) is 14.0. The first-order chi connectivity index (χ1) is 14.1. The molecule has 1 saturated heterocycles. The molecule has 2 aromatic carbocycles. The number of carbonyl (C=O) groups is 3. The number of rotatable bonds is 7. The predicted octanol–water partition coefficient (Wildman–Crippen LogP) is 3.91. The van der Waals surface area contributed by atoms with Crippen LogP contribution >= 0.6 is 11.3 Å². The Morgan fingerprint density at radius 1 is 1.03 bits per heavy atom. The van der Waals surface area contributed by atoms with E-state index in [0.29, 0.717) is 24.9 Å². The van der Waals surface area contributed by atoms with E-state index in [1.54, 1.807) is 23.5 Å². The summed E-state index contributed by atoms with van der Waals surface area (Å²) in [6, 6.07) is 15.3. The van der Waals surface area contributed by atoms with Gasteiger partial charge in [-0.2, -0.15) is 0 Å². The SMILES string of the molecule is O=C(CCCc1nc2ccccc2s1)Nc1ccc(CN2C(=O)CCC2=O)cc1. The number of benzene rings is 2. The van der Waals surface area contributed by atoms with E-state index in [0.717, 1.165) is 28.9 Å². The van der Waals surface area contributed by atoms with Crippen LogP contribution in [0.1, 0.15) is 36.3 Å². The smallest absolute Gasteiger partial charge is 0.229 e. The second-order valence-corrected chi connectivity index (χ2v) is 8.16. The predicted molar refractivity (Wildman–Crippen MR) is 112 cm³/mol. The third kappa shape index (κ3) is 4.68. The van der Waals surface area contributed by atoms with Crippen LogP contribution in [-0.4, -0.2) is 27.6 Å². The molecule has 0 aliphatic carbocycles. The Morgan fingerprint density at radius 3 is 2.48 bits per heavy atom. The Morgan fingerprint density at radius 2 is 1.76 bits per heavy atom. The molecule has 0 unspecified atom stereocenters. The molecule has 1 N–H and O–H groups in total. The Hall–Kier alpha value is -3.06. The molecule has 7 heteroatoms. The van der Waals surface area contributed by atoms with Crippen molar-refractivity contribution < 1.29 is 14.4 Å². The molecule has 29 heavy (non-hydrogen) atoms. The minimum Gasteiger partial charge on any atom is -0.326 e. The maximum atomic E-state index is 12.2. The molecule has 1 aliphatic heterocycles. The molecule has 0 spiro atoms. The first kappa shape index (κ1) is 19.3. The molecule has 1 aromatic heterocycles. The average molecular weight is 407 g/mol. The topological polar surface area (TPSA) is 79.4 Å². The molecule has 148 valence electrons. The summed E-state index contributed by atoms with van der Waals surface area (Å²) in [7, 11) is 0. The van der Waals surface area contributed by atoms with E-state index in [2.05, 4.69) is 16.4 Å². The number of carbonyl (C=O) groups excluding carboxylic acids is 3. The minimum atomic E-state index is -0.125. The van der Waals surface area contributed by atoms with E-state index in [1.165, 1.54) is 9.60 Å². The molecule has 6 nitrogen and oxygen atoms in total. The van der Waals surface area contributed by atoms with Gasteiger partial charge < -0.3 is 5.32 Å². The number of hydrogen-bond acceptors (Lipinski definition) is 5. The van der Waals surface area contributed by atoms with Crippen molar-refractivity contribution in [3.05, 3.63) is 59.1 Å². The van der Waals surface area contributed by atoms with Gasteiger partial charge in [0.05, 0.1) is 21.8 Å². The average Bonchev–Trinajstić information content (AvgIpc) is 3.27. The highest BCUT2D eigenvalue weighted by Crippen LogP contribution is 2.23. The number of imide groups is 1. The Balaban J connectivity index is 1.25. The van der Waals surface area contributed by atoms with E-state index in [9.17, 15) is 14.4 Å². The highest BCUT2D eigenvalue weighted by molar-refractivity contribution is 7.18. The van der Waals surface area contributed by atoms with Gasteiger partial charge in [-0.15, -0.1) is 11.3 Å². The highest BCUT2D eigenvalue weighted by atomic mass is 32.1. The summed E-state index contributed by atoms with van der Waals surface area (Å²) in [6.07, 6.45) is 2.54. The number of nitrogens with one attached hydrogen (secondary N) is 1. The zero-order valence-corrected chi connectivity index (χ0v) is 16.7. The van der Waals surface area contributed by atoms with Gasteiger partial charge in [-0.05, 0) is 42.7 Å². The van der Waals surface area contributed by atoms with Crippen LogP contribution < -0.4 is 5.32 Å². The molecule has 1 fully saturated rings. The molecule has 0 radical (unpaired) electrons. The van der Waals surface area contributed by atoms with E-state index in [4.69, 9.17) is 0 Å². The standard InChI is InChI=1S/C22H21N3O3S/c26-19(6-3-7-20-24-17-4-1-2-5-18(17)29-20)23-16-10-8-15(9-11-16)14-25-21(27)12-13-22(25)28/h1-2,4-5,8-11H,3,6-7,12-14H2,(H,23,26). The second-order valence-electron chi connectivity index (χ2n) is 7.05. The molecule has 0 bridgehead atoms. The van der Waals surface area contributed by atoms with Crippen molar-refractivity contribution in [3.8, 4) is 0 Å². The van der Waals surface area contributed by atoms with E-state index in [1.807, 2.05) is 30.3 Å². The van der Waals surface area contributed by atoms with Crippen molar-refractivity contribution in [2.45, 2.75) is 38.6 Å². The van der Waals surface area contributed by atoms with Crippen LogP contribution in [0.15, 0.2) is 48.5 Å². The zero-order chi connectivity index (χ0) is 20.2. The third-order valence-corrected chi connectivity index (χ3v) is 5.96. The van der Waals surface area contributed by atoms with Crippen LogP contribution in [0.3, 0.4) is 0 Å². The minimum absolute atomic E-state index is 0.0382. The Bertz CT molecular complexity index is 1010. The van der Waals surface area contributed by atoms with Crippen LogP contribution in [0, 0.1) is 0 Å². The van der Waals surface area contributed by atoms with E-state index < -0.39 is 0 Å². The van der Waals surface area contributed by atoms with Crippen LogP contribution in [0.5, 0.6) is 0 Å². The summed E-state index contributed by atoms with van der Waals surface area (Å²) in [5.74, 6) is -0.287. The fraction of sp³-hybridized carbons (Fsp3) is 0.273. The Labute approximate surface area is 172 Å². The van der Waals surface area contributed by atoms with Gasteiger partial charge in [0.1, 0.15) is 0 Å². The number of nitrogens with zero attached hydrogens (tertiary/aromatic N) is 2. The van der Waals surface area contributed by atoms with Gasteiger partial charge in [-0.3, -0.25) is 19.3 Å². The number of fused-ring (bicyclic) bond motifs is 1. The molecule has 3 aromatic rings. The lowest BCUT2D eigenvalue weighted by Crippen LogP contribution is -2.28. The van der Waals surface area contributed by atoms with Gasteiger partial charge >= 0.3 is 0 Å². The summed E-state index contributed by atoms with van der Waals surface area (Å²) in [5.41, 5.74) is 2.58. The number of aryl methyl sites for hydroxylation is 1. The Kier molecular flexibility index (Phi) is 5.67. The summed E-state index contributed by atoms with van der Waals surface area (Å²) in [5, 5.41) is 3.94. The number of amides is 3. The van der Waals surface area contributed by atoms with Crippen LogP contribution in [0.4, 0.5) is 5.69 Å². The van der Waals surface area contributed by atoms with Gasteiger partial charge in [0.15, 0.2) is 0 Å². The van der Waals surface area contributed by atoms with E-state index >= 15 is 0 Å². The highest BCUT2D eigenvalue weighted by Gasteiger charge is 2.28. The van der Waals surface area contributed by atoms with Crippen molar-refractivity contribution in [1.29, 1.82) is 0 Å². The lowest BCUT2D eigenvalue weighted by molar-refractivity contribution is -0.139. The molecular formula is C22H21N3O3S. The molecule has 2 heterocycles. The summed E-state index contributed by atoms with van der Waals surface area (Å²) >= 11 is 1.67. The quantitative estimate of drug-likeness (QED) is 0.602. The molecule has 1 aliphatic rings. The lowest BCUT2D eigenvalue weighted by atomic mass is 10.2. The fourth-order valence-corrected chi connectivity index (χ4v) is 4.33. The van der Waals surface area contributed by atoms with Crippen molar-refractivity contribution in [2.24, 2.45) is 0 Å². The van der Waals surface area contributed by atoms with Gasteiger partial charge in [0, 0.05) is 24.9 Å². The first-order valence-electron chi connectivity index (χ1n) is 9.65. The monoisotopic (exact) mass is 407 g/mol. The fourth-order valence-electron chi connectivity index (χ4n) is 3.33. The van der Waals surface area contributed by atoms with Crippen LogP contribution in [0.25, 0.3) is 10.2 Å². The number of anilines is 1. The zero-order valence-electron chi connectivity index (χ0n) is 15.9. The molecular weight excluding hydrogens is 386 g/mol. The van der Waals surface area contributed by atoms with Crippen molar-refractivity contribution in [2.75, 3.05) is 5.32 Å². The molecule has 0 atom stereocenters. The third-order valence-electron chi connectivity index (χ3n) is 4.87. The summed E-state index contributed by atoms with van der Waals surface area (Å²) in [6.45, 7) is 0.286. The molecule has 4 rings (SSSR count). The second kappa shape index (κ2) is 8.53. The van der Waals surface area contributed by atoms with Gasteiger partial charge in [0.2, 0.25) is 17.7 Å². The van der Waals surface area contributed by atoms with Gasteiger partial charge in [0.25, 0.3) is 0 Å². The number of likely N-dealkylation sites (tertiary alicyclic amines) is 1. The van der Waals surface area contributed by atoms with Gasteiger partial charge in [-0.25, -0.2) is 4.98 Å². The van der Waals surface area contributed by atoms with Crippen molar-refractivity contribution in [3.63, 3.8) is 0 Å². The summed E-state index contributed by atoms with van der Waals surface area (Å²) in [4.78, 5) is 41.5. The summed E-state index contributed by atoms with van der Waals surface area (Å²) < 4.78 is 1.17. The molecule has 0 saturated carbocycles. The maximum Gasteiger partial charge on any atom is 0.229 e. The number of aromatic nitrogens is 1. The van der Waals surface area contributed by atoms with E-state index in [-0.39, 0.29) is 24.3 Å². The van der Waals surface area contributed by atoms with Crippen molar-refractivity contribution >= 4 is 45.0 Å². The molecule has 3 amide bonds. The first-order valence-corrected chi connectivity index (χ1v) is 10.5. The van der Waals surface area contributed by atoms with Crippen molar-refractivity contribution in [1.82, 2.24) is 9.88 Å². The largest absolute Gasteiger partial charge is 0.326 e. The number of thiazole rings is 1. The van der Waals surface area contributed by atoms with Gasteiger partial charge in [-0.1, -0.05) is 24.3 Å². The van der Waals surface area contributed by atoms with Crippen LogP contribution in [-0.2, 0) is 27.3 Å².